The molecular formula is C16H26N4O2. The molecule has 6 nitrogen and oxygen atoms in total. The van der Waals surface area contributed by atoms with E-state index in [1.807, 2.05) is 33.0 Å². The van der Waals surface area contributed by atoms with E-state index in [1.165, 1.54) is 0 Å². The molecule has 1 amide bonds. The molecule has 1 aromatic rings. The van der Waals surface area contributed by atoms with Crippen LogP contribution in [0, 0.1) is 0 Å². The van der Waals surface area contributed by atoms with Gasteiger partial charge in [-0.05, 0) is 45.4 Å². The lowest BCUT2D eigenvalue weighted by atomic mass is 10.2. The zero-order valence-electron chi connectivity index (χ0n) is 13.7. The Morgan fingerprint density at radius 2 is 1.95 bits per heavy atom. The number of hydrogen-bond acceptors (Lipinski definition) is 5. The number of carbonyl (C=O) groups excluding carboxylic acids is 1. The smallest absolute Gasteiger partial charge is 0.410 e. The molecule has 6 heteroatoms. The molecule has 2 N–H and O–H groups in total. The number of rotatable bonds is 3. The number of nitrogens with zero attached hydrogens (tertiary/aromatic N) is 3. The molecule has 0 bridgehead atoms. The highest BCUT2D eigenvalue weighted by Gasteiger charge is 2.26. The molecule has 2 heterocycles. The Bertz CT molecular complexity index is 488. The van der Waals surface area contributed by atoms with Crippen LogP contribution in [0.2, 0.25) is 0 Å². The summed E-state index contributed by atoms with van der Waals surface area (Å²) < 4.78 is 5.40. The highest BCUT2D eigenvalue weighted by molar-refractivity contribution is 5.68. The number of aromatic nitrogens is 1. The van der Waals surface area contributed by atoms with Crippen molar-refractivity contribution in [1.82, 2.24) is 9.88 Å². The van der Waals surface area contributed by atoms with E-state index in [2.05, 4.69) is 16.0 Å². The maximum atomic E-state index is 12.0. The van der Waals surface area contributed by atoms with E-state index in [0.29, 0.717) is 19.6 Å². The van der Waals surface area contributed by atoms with Gasteiger partial charge in [0.25, 0.3) is 0 Å². The third kappa shape index (κ3) is 4.59. The predicted octanol–water partition coefficient (Wildman–Crippen LogP) is 1.64. The van der Waals surface area contributed by atoms with Gasteiger partial charge in [0.15, 0.2) is 0 Å². The molecule has 0 aromatic carbocycles. The van der Waals surface area contributed by atoms with E-state index in [-0.39, 0.29) is 6.09 Å². The van der Waals surface area contributed by atoms with Gasteiger partial charge >= 0.3 is 6.09 Å². The van der Waals surface area contributed by atoms with E-state index >= 15 is 0 Å². The fraction of sp³-hybridized carbons (Fsp3) is 0.625. The second-order valence-corrected chi connectivity index (χ2v) is 6.52. The largest absolute Gasteiger partial charge is 0.444 e. The summed E-state index contributed by atoms with van der Waals surface area (Å²) in [7, 11) is 0. The summed E-state index contributed by atoms with van der Waals surface area (Å²) >= 11 is 0. The summed E-state index contributed by atoms with van der Waals surface area (Å²) in [6.45, 7) is 9.12. The maximum Gasteiger partial charge on any atom is 0.410 e. The number of anilines is 1. The molecule has 122 valence electrons. The van der Waals surface area contributed by atoms with Crippen molar-refractivity contribution >= 4 is 11.9 Å². The first kappa shape index (κ1) is 16.5. The Morgan fingerprint density at radius 3 is 2.45 bits per heavy atom. The third-order valence-electron chi connectivity index (χ3n) is 3.50. The number of ether oxygens (including phenoxy) is 1. The van der Waals surface area contributed by atoms with Crippen LogP contribution in [0.1, 0.15) is 26.3 Å². The van der Waals surface area contributed by atoms with Gasteiger partial charge in [-0.3, -0.25) is 0 Å². The second-order valence-electron chi connectivity index (χ2n) is 6.52. The summed E-state index contributed by atoms with van der Waals surface area (Å²) in [6.07, 6.45) is 2.49. The van der Waals surface area contributed by atoms with Crippen LogP contribution in [0.3, 0.4) is 0 Å². The first-order chi connectivity index (χ1) is 10.4. The summed E-state index contributed by atoms with van der Waals surface area (Å²) in [5, 5.41) is 0. The molecule has 0 radical (unpaired) electrons. The maximum absolute atomic E-state index is 12.0. The number of nitrogens with two attached hydrogens (primary N) is 1. The molecule has 0 spiro atoms. The van der Waals surface area contributed by atoms with Gasteiger partial charge in [0.1, 0.15) is 11.4 Å². The SMILES string of the molecule is CC(C)(C)OC(=O)N1CCN(c2ccc(CCN)cn2)CC1. The number of amides is 1. The minimum atomic E-state index is -0.450. The Labute approximate surface area is 132 Å². The summed E-state index contributed by atoms with van der Waals surface area (Å²) in [6, 6.07) is 4.09. The van der Waals surface area contributed by atoms with Crippen LogP contribution in [-0.2, 0) is 11.2 Å². The van der Waals surface area contributed by atoms with Gasteiger partial charge in [-0.1, -0.05) is 6.07 Å². The second kappa shape index (κ2) is 6.96. The molecule has 1 aliphatic heterocycles. The topological polar surface area (TPSA) is 71.7 Å². The van der Waals surface area contributed by atoms with Crippen molar-refractivity contribution in [3.8, 4) is 0 Å². The summed E-state index contributed by atoms with van der Waals surface area (Å²) in [4.78, 5) is 20.5. The van der Waals surface area contributed by atoms with Crippen molar-refractivity contribution < 1.29 is 9.53 Å². The number of pyridine rings is 1. The van der Waals surface area contributed by atoms with Crippen molar-refractivity contribution in [1.29, 1.82) is 0 Å². The average Bonchev–Trinajstić information content (AvgIpc) is 2.47. The summed E-state index contributed by atoms with van der Waals surface area (Å²) in [5.41, 5.74) is 6.24. The minimum Gasteiger partial charge on any atom is -0.444 e. The molecule has 1 saturated heterocycles. The van der Waals surface area contributed by atoms with Crippen molar-refractivity contribution in [2.24, 2.45) is 5.73 Å². The van der Waals surface area contributed by atoms with E-state index in [0.717, 1.165) is 30.9 Å². The van der Waals surface area contributed by atoms with Crippen LogP contribution in [0.5, 0.6) is 0 Å². The minimum absolute atomic E-state index is 0.238. The standard InChI is InChI=1S/C16H26N4O2/c1-16(2,3)22-15(21)20-10-8-19(9-11-20)14-5-4-13(6-7-17)12-18-14/h4-5,12H,6-11,17H2,1-3H3. The summed E-state index contributed by atoms with van der Waals surface area (Å²) in [5.74, 6) is 0.949. The fourth-order valence-corrected chi connectivity index (χ4v) is 2.36. The van der Waals surface area contributed by atoms with Crippen LogP contribution in [0.25, 0.3) is 0 Å². The van der Waals surface area contributed by atoms with E-state index in [1.54, 1.807) is 4.90 Å². The van der Waals surface area contributed by atoms with E-state index < -0.39 is 5.60 Å². The van der Waals surface area contributed by atoms with Crippen LogP contribution in [-0.4, -0.2) is 54.3 Å². The zero-order chi connectivity index (χ0) is 16.2. The molecule has 1 aliphatic rings. The molecule has 0 unspecified atom stereocenters. The molecular weight excluding hydrogens is 280 g/mol. The predicted molar refractivity (Wildman–Crippen MR) is 87.0 cm³/mol. The highest BCUT2D eigenvalue weighted by Crippen LogP contribution is 2.16. The first-order valence-corrected chi connectivity index (χ1v) is 7.77. The van der Waals surface area contributed by atoms with Gasteiger partial charge in [0.05, 0.1) is 0 Å². The lowest BCUT2D eigenvalue weighted by molar-refractivity contribution is 0.0240. The van der Waals surface area contributed by atoms with E-state index in [4.69, 9.17) is 10.5 Å². The third-order valence-corrected chi connectivity index (χ3v) is 3.50. The van der Waals surface area contributed by atoms with Crippen LogP contribution in [0.15, 0.2) is 18.3 Å². The first-order valence-electron chi connectivity index (χ1n) is 7.77. The lowest BCUT2D eigenvalue weighted by Gasteiger charge is -2.36. The Balaban J connectivity index is 1.87. The molecule has 0 saturated carbocycles. The fourth-order valence-electron chi connectivity index (χ4n) is 2.36. The van der Waals surface area contributed by atoms with Crippen LogP contribution >= 0.6 is 0 Å². The van der Waals surface area contributed by atoms with Gasteiger partial charge in [-0.25, -0.2) is 9.78 Å². The molecule has 0 aliphatic carbocycles. The molecule has 22 heavy (non-hydrogen) atoms. The molecule has 1 fully saturated rings. The highest BCUT2D eigenvalue weighted by atomic mass is 16.6. The zero-order valence-corrected chi connectivity index (χ0v) is 13.7. The Kier molecular flexibility index (Phi) is 5.24. The lowest BCUT2D eigenvalue weighted by Crippen LogP contribution is -2.50. The van der Waals surface area contributed by atoms with Crippen molar-refractivity contribution in [3.05, 3.63) is 23.9 Å². The molecule has 1 aromatic heterocycles. The Morgan fingerprint density at radius 1 is 1.27 bits per heavy atom. The van der Waals surface area contributed by atoms with Crippen LogP contribution < -0.4 is 10.6 Å². The van der Waals surface area contributed by atoms with Gasteiger partial charge < -0.3 is 20.3 Å². The van der Waals surface area contributed by atoms with Crippen LogP contribution in [0.4, 0.5) is 10.6 Å². The van der Waals surface area contributed by atoms with Crippen molar-refractivity contribution in [2.45, 2.75) is 32.8 Å². The van der Waals surface area contributed by atoms with Gasteiger partial charge in [-0.15, -0.1) is 0 Å². The molecule has 2 rings (SSSR count). The van der Waals surface area contributed by atoms with Gasteiger partial charge in [-0.2, -0.15) is 0 Å². The van der Waals surface area contributed by atoms with Crippen molar-refractivity contribution in [2.75, 3.05) is 37.6 Å². The number of hydrogen-bond donors (Lipinski definition) is 1. The van der Waals surface area contributed by atoms with E-state index in [9.17, 15) is 4.79 Å². The van der Waals surface area contributed by atoms with Gasteiger partial charge in [0.2, 0.25) is 0 Å². The quantitative estimate of drug-likeness (QED) is 0.919. The monoisotopic (exact) mass is 306 g/mol. The Hall–Kier alpha value is -1.82. The number of carbonyl (C=O) groups is 1. The average molecular weight is 306 g/mol. The van der Waals surface area contributed by atoms with Gasteiger partial charge in [0, 0.05) is 32.4 Å². The van der Waals surface area contributed by atoms with Crippen molar-refractivity contribution in [3.63, 3.8) is 0 Å². The normalized spacial score (nSPS) is 15.8. The number of piperazine rings is 1. The molecule has 0 atom stereocenters.